The van der Waals surface area contributed by atoms with Gasteiger partial charge in [-0.15, -0.1) is 11.3 Å². The molecule has 1 N–H and O–H groups in total. The SMILES string of the molecule is CCOc1ccc(-c2nc(-c3ccccc3)sc2CC(=O)O)cc1C. The Bertz CT molecular complexity index is 887. The highest BCUT2D eigenvalue weighted by Gasteiger charge is 2.17. The molecular weight excluding hydrogens is 334 g/mol. The van der Waals surface area contributed by atoms with Gasteiger partial charge in [-0.05, 0) is 37.6 Å². The number of ether oxygens (including phenoxy) is 1. The normalized spacial score (nSPS) is 10.6. The average molecular weight is 353 g/mol. The van der Waals surface area contributed by atoms with Gasteiger partial charge in [-0.25, -0.2) is 4.98 Å². The van der Waals surface area contributed by atoms with Gasteiger partial charge in [0.1, 0.15) is 10.8 Å². The van der Waals surface area contributed by atoms with Crippen LogP contribution in [0.2, 0.25) is 0 Å². The molecule has 2 aromatic carbocycles. The molecule has 0 fully saturated rings. The summed E-state index contributed by atoms with van der Waals surface area (Å²) in [6.45, 7) is 4.54. The van der Waals surface area contributed by atoms with E-state index in [0.29, 0.717) is 6.61 Å². The summed E-state index contributed by atoms with van der Waals surface area (Å²) in [5, 5.41) is 10.1. The number of rotatable bonds is 6. The van der Waals surface area contributed by atoms with Crippen LogP contribution < -0.4 is 4.74 Å². The van der Waals surface area contributed by atoms with E-state index in [2.05, 4.69) is 0 Å². The van der Waals surface area contributed by atoms with E-state index >= 15 is 0 Å². The molecule has 0 saturated carbocycles. The minimum Gasteiger partial charge on any atom is -0.494 e. The van der Waals surface area contributed by atoms with E-state index in [0.717, 1.165) is 38.0 Å². The fourth-order valence-corrected chi connectivity index (χ4v) is 3.73. The summed E-state index contributed by atoms with van der Waals surface area (Å²) in [4.78, 5) is 16.8. The van der Waals surface area contributed by atoms with Gasteiger partial charge in [0.25, 0.3) is 0 Å². The lowest BCUT2D eigenvalue weighted by Crippen LogP contribution is -2.00. The number of hydrogen-bond acceptors (Lipinski definition) is 4. The molecule has 0 saturated heterocycles. The molecule has 0 aliphatic rings. The van der Waals surface area contributed by atoms with Crippen molar-refractivity contribution in [3.63, 3.8) is 0 Å². The fourth-order valence-electron chi connectivity index (χ4n) is 2.65. The highest BCUT2D eigenvalue weighted by molar-refractivity contribution is 7.15. The zero-order chi connectivity index (χ0) is 17.8. The Kier molecular flexibility index (Phi) is 5.14. The van der Waals surface area contributed by atoms with Crippen molar-refractivity contribution in [2.75, 3.05) is 6.61 Å². The maximum absolute atomic E-state index is 11.3. The predicted octanol–water partition coefficient (Wildman–Crippen LogP) is 4.81. The van der Waals surface area contributed by atoms with Gasteiger partial charge in [-0.1, -0.05) is 30.3 Å². The first-order chi connectivity index (χ1) is 12.1. The monoisotopic (exact) mass is 353 g/mol. The minimum atomic E-state index is -0.854. The van der Waals surface area contributed by atoms with Crippen LogP contribution in [0.3, 0.4) is 0 Å². The second-order valence-corrected chi connectivity index (χ2v) is 6.72. The van der Waals surface area contributed by atoms with Crippen LogP contribution in [0.4, 0.5) is 0 Å². The third-order valence-electron chi connectivity index (χ3n) is 3.78. The minimum absolute atomic E-state index is 0.0356. The quantitative estimate of drug-likeness (QED) is 0.691. The summed E-state index contributed by atoms with van der Waals surface area (Å²) in [6.07, 6.45) is -0.0356. The van der Waals surface area contributed by atoms with E-state index in [-0.39, 0.29) is 6.42 Å². The Hall–Kier alpha value is -2.66. The number of benzene rings is 2. The van der Waals surface area contributed by atoms with Crippen LogP contribution in [0.25, 0.3) is 21.8 Å². The molecule has 1 heterocycles. The summed E-state index contributed by atoms with van der Waals surface area (Å²) < 4.78 is 5.58. The summed E-state index contributed by atoms with van der Waals surface area (Å²) in [6, 6.07) is 15.7. The second kappa shape index (κ2) is 7.49. The molecule has 0 amide bonds. The zero-order valence-electron chi connectivity index (χ0n) is 14.2. The molecule has 25 heavy (non-hydrogen) atoms. The van der Waals surface area contributed by atoms with Crippen molar-refractivity contribution in [1.82, 2.24) is 4.98 Å². The van der Waals surface area contributed by atoms with Crippen molar-refractivity contribution in [2.45, 2.75) is 20.3 Å². The molecule has 4 nitrogen and oxygen atoms in total. The van der Waals surface area contributed by atoms with E-state index in [1.807, 2.05) is 62.4 Å². The van der Waals surface area contributed by atoms with Gasteiger partial charge in [0.2, 0.25) is 0 Å². The largest absolute Gasteiger partial charge is 0.494 e. The van der Waals surface area contributed by atoms with E-state index in [1.165, 1.54) is 11.3 Å². The van der Waals surface area contributed by atoms with Crippen LogP contribution in [0.15, 0.2) is 48.5 Å². The molecule has 5 heteroatoms. The lowest BCUT2D eigenvalue weighted by Gasteiger charge is -2.08. The van der Waals surface area contributed by atoms with Gasteiger partial charge in [0.05, 0.1) is 18.7 Å². The van der Waals surface area contributed by atoms with Crippen molar-refractivity contribution >= 4 is 17.3 Å². The molecule has 128 valence electrons. The van der Waals surface area contributed by atoms with E-state index in [1.54, 1.807) is 0 Å². The van der Waals surface area contributed by atoms with Crippen LogP contribution >= 0.6 is 11.3 Å². The van der Waals surface area contributed by atoms with Gasteiger partial charge in [-0.2, -0.15) is 0 Å². The molecular formula is C20H19NO3S. The molecule has 3 rings (SSSR count). The van der Waals surface area contributed by atoms with Crippen molar-refractivity contribution in [3.8, 4) is 27.6 Å². The molecule has 0 spiro atoms. The van der Waals surface area contributed by atoms with E-state index < -0.39 is 5.97 Å². The van der Waals surface area contributed by atoms with Gasteiger partial charge in [-0.3, -0.25) is 4.79 Å². The number of hydrogen-bond donors (Lipinski definition) is 1. The lowest BCUT2D eigenvalue weighted by atomic mass is 10.1. The number of thiazole rings is 1. The third-order valence-corrected chi connectivity index (χ3v) is 4.88. The van der Waals surface area contributed by atoms with Gasteiger partial charge >= 0.3 is 5.97 Å². The Morgan fingerprint density at radius 3 is 2.56 bits per heavy atom. The van der Waals surface area contributed by atoms with Crippen molar-refractivity contribution in [1.29, 1.82) is 0 Å². The van der Waals surface area contributed by atoms with E-state index in [9.17, 15) is 9.90 Å². The molecule has 0 radical (unpaired) electrons. The Morgan fingerprint density at radius 2 is 1.92 bits per heavy atom. The van der Waals surface area contributed by atoms with Crippen molar-refractivity contribution in [3.05, 3.63) is 59.0 Å². The van der Waals surface area contributed by atoms with Crippen molar-refractivity contribution < 1.29 is 14.6 Å². The number of nitrogens with zero attached hydrogens (tertiary/aromatic N) is 1. The summed E-state index contributed by atoms with van der Waals surface area (Å²) in [5.41, 5.74) is 3.65. The molecule has 0 atom stereocenters. The molecule has 0 bridgehead atoms. The topological polar surface area (TPSA) is 59.4 Å². The maximum Gasteiger partial charge on any atom is 0.308 e. The van der Waals surface area contributed by atoms with Crippen molar-refractivity contribution in [2.24, 2.45) is 0 Å². The first kappa shape index (κ1) is 17.2. The van der Waals surface area contributed by atoms with Gasteiger partial charge < -0.3 is 9.84 Å². The number of aliphatic carboxylic acids is 1. The summed E-state index contributed by atoms with van der Waals surface area (Å²) in [5.74, 6) is -0.0169. The maximum atomic E-state index is 11.3. The van der Waals surface area contributed by atoms with Gasteiger partial charge in [0, 0.05) is 16.0 Å². The first-order valence-electron chi connectivity index (χ1n) is 8.09. The molecule has 1 aromatic heterocycles. The second-order valence-electron chi connectivity index (χ2n) is 5.64. The Morgan fingerprint density at radius 1 is 1.16 bits per heavy atom. The van der Waals surface area contributed by atoms with Crippen LogP contribution in [0.5, 0.6) is 5.75 Å². The highest BCUT2D eigenvalue weighted by atomic mass is 32.1. The predicted molar refractivity (Wildman–Crippen MR) is 100 cm³/mol. The smallest absolute Gasteiger partial charge is 0.308 e. The highest BCUT2D eigenvalue weighted by Crippen LogP contribution is 2.35. The summed E-state index contributed by atoms with van der Waals surface area (Å²) in [7, 11) is 0. The Balaban J connectivity index is 2.06. The third kappa shape index (κ3) is 3.88. The van der Waals surface area contributed by atoms with Crippen LogP contribution in [0, 0.1) is 6.92 Å². The number of carbonyl (C=O) groups is 1. The zero-order valence-corrected chi connectivity index (χ0v) is 15.0. The Labute approximate surface area is 150 Å². The lowest BCUT2D eigenvalue weighted by molar-refractivity contribution is -0.136. The fraction of sp³-hybridized carbons (Fsp3) is 0.200. The van der Waals surface area contributed by atoms with Crippen LogP contribution in [0.1, 0.15) is 17.4 Å². The number of carboxylic acids is 1. The number of aromatic nitrogens is 1. The number of aryl methyl sites for hydroxylation is 1. The average Bonchev–Trinajstić information content (AvgIpc) is 3.01. The van der Waals surface area contributed by atoms with Gasteiger partial charge in [0.15, 0.2) is 0 Å². The molecule has 3 aromatic rings. The van der Waals surface area contributed by atoms with Crippen LogP contribution in [-0.4, -0.2) is 22.7 Å². The molecule has 0 aliphatic carbocycles. The standard InChI is InChI=1S/C20H19NO3S/c1-3-24-16-10-9-15(11-13(16)2)19-17(12-18(22)23)25-20(21-19)14-7-5-4-6-8-14/h4-11H,3,12H2,1-2H3,(H,22,23). The van der Waals surface area contributed by atoms with Crippen LogP contribution in [-0.2, 0) is 11.2 Å². The molecule has 0 aliphatic heterocycles. The first-order valence-corrected chi connectivity index (χ1v) is 8.91. The summed E-state index contributed by atoms with van der Waals surface area (Å²) >= 11 is 1.43. The van der Waals surface area contributed by atoms with E-state index in [4.69, 9.17) is 9.72 Å². The number of carboxylic acid groups (broad SMARTS) is 1. The molecule has 0 unspecified atom stereocenters.